The lowest BCUT2D eigenvalue weighted by Gasteiger charge is -2.25. The first kappa shape index (κ1) is 18.6. The molecule has 2 N–H and O–H groups in total. The summed E-state index contributed by atoms with van der Waals surface area (Å²) >= 11 is 0. The summed E-state index contributed by atoms with van der Waals surface area (Å²) in [5.41, 5.74) is -1.45. The molecule has 1 rings (SSSR count). The molecule has 0 aliphatic carbocycles. The highest BCUT2D eigenvalue weighted by atomic mass is 16.6. The van der Waals surface area contributed by atoms with Crippen LogP contribution in [-0.4, -0.2) is 27.4 Å². The average molecular weight is 322 g/mol. The number of rotatable bonds is 5. The van der Waals surface area contributed by atoms with Crippen molar-refractivity contribution in [1.82, 2.24) is 5.32 Å². The number of nitro benzene ring substituents is 1. The van der Waals surface area contributed by atoms with Gasteiger partial charge in [0.05, 0.1) is 4.92 Å². The minimum absolute atomic E-state index is 0.0608. The highest BCUT2D eigenvalue weighted by Crippen LogP contribution is 2.32. The summed E-state index contributed by atoms with van der Waals surface area (Å²) in [7, 11) is 0. The van der Waals surface area contributed by atoms with E-state index in [4.69, 9.17) is 0 Å². The number of carboxylic acid groups (broad SMARTS) is 1. The summed E-state index contributed by atoms with van der Waals surface area (Å²) in [5, 5.41) is 22.9. The van der Waals surface area contributed by atoms with Crippen molar-refractivity contribution in [2.24, 2.45) is 0 Å². The number of nitrogens with zero attached hydrogens (tertiary/aromatic N) is 1. The molecule has 1 atom stereocenters. The zero-order valence-electron chi connectivity index (χ0n) is 14.0. The van der Waals surface area contributed by atoms with Crippen LogP contribution in [0.25, 0.3) is 0 Å². The molecular formula is C16H22N2O5. The van der Waals surface area contributed by atoms with E-state index in [2.05, 4.69) is 5.32 Å². The molecular weight excluding hydrogens is 300 g/mol. The van der Waals surface area contributed by atoms with E-state index in [1.165, 1.54) is 25.1 Å². The Bertz CT molecular complexity index is 648. The minimum Gasteiger partial charge on any atom is -0.480 e. The molecule has 0 heterocycles. The van der Waals surface area contributed by atoms with E-state index in [0.717, 1.165) is 0 Å². The molecule has 0 spiro atoms. The van der Waals surface area contributed by atoms with Gasteiger partial charge < -0.3 is 10.4 Å². The molecule has 0 bridgehead atoms. The van der Waals surface area contributed by atoms with Gasteiger partial charge in [-0.2, -0.15) is 0 Å². The van der Waals surface area contributed by atoms with Gasteiger partial charge in [-0.25, -0.2) is 4.79 Å². The summed E-state index contributed by atoms with van der Waals surface area (Å²) in [6.07, 6.45) is 0.191. The van der Waals surface area contributed by atoms with Crippen molar-refractivity contribution >= 4 is 17.6 Å². The molecule has 7 heteroatoms. The van der Waals surface area contributed by atoms with Crippen LogP contribution in [0.2, 0.25) is 0 Å². The SMILES string of the molecule is CCC(C)(NC(=O)c1ccc(C(C)(C)C)c([N+](=O)[O-])c1)C(=O)O. The maximum Gasteiger partial charge on any atom is 0.329 e. The summed E-state index contributed by atoms with van der Waals surface area (Å²) in [4.78, 5) is 34.3. The van der Waals surface area contributed by atoms with Crippen molar-refractivity contribution in [2.45, 2.75) is 52.0 Å². The molecule has 23 heavy (non-hydrogen) atoms. The molecule has 0 aliphatic heterocycles. The summed E-state index contributed by atoms with van der Waals surface area (Å²) < 4.78 is 0. The zero-order valence-corrected chi connectivity index (χ0v) is 14.0. The van der Waals surface area contributed by atoms with Gasteiger partial charge in [0, 0.05) is 17.2 Å². The van der Waals surface area contributed by atoms with E-state index in [1.807, 2.05) is 20.8 Å². The Labute approximate surface area is 134 Å². The molecule has 1 aromatic rings. The van der Waals surface area contributed by atoms with Gasteiger partial charge in [0.25, 0.3) is 11.6 Å². The van der Waals surface area contributed by atoms with E-state index >= 15 is 0 Å². The van der Waals surface area contributed by atoms with Crippen molar-refractivity contribution in [3.05, 3.63) is 39.4 Å². The quantitative estimate of drug-likeness (QED) is 0.640. The molecule has 0 fully saturated rings. The number of nitrogens with one attached hydrogen (secondary N) is 1. The smallest absolute Gasteiger partial charge is 0.329 e. The van der Waals surface area contributed by atoms with E-state index < -0.39 is 27.8 Å². The Hall–Kier alpha value is -2.44. The van der Waals surface area contributed by atoms with Gasteiger partial charge in [-0.3, -0.25) is 14.9 Å². The maximum absolute atomic E-state index is 12.3. The van der Waals surface area contributed by atoms with Gasteiger partial charge in [-0.1, -0.05) is 33.8 Å². The Morgan fingerprint density at radius 2 is 1.83 bits per heavy atom. The molecule has 1 aromatic carbocycles. The third kappa shape index (κ3) is 4.06. The topological polar surface area (TPSA) is 110 Å². The molecule has 1 unspecified atom stereocenters. The van der Waals surface area contributed by atoms with Crippen molar-refractivity contribution in [2.75, 3.05) is 0 Å². The Morgan fingerprint density at radius 1 is 1.26 bits per heavy atom. The highest BCUT2D eigenvalue weighted by molar-refractivity contribution is 5.98. The molecule has 0 saturated carbocycles. The van der Waals surface area contributed by atoms with Crippen LogP contribution in [0.1, 0.15) is 57.0 Å². The monoisotopic (exact) mass is 322 g/mol. The molecule has 7 nitrogen and oxygen atoms in total. The van der Waals surface area contributed by atoms with Gasteiger partial charge in [0.1, 0.15) is 5.54 Å². The lowest BCUT2D eigenvalue weighted by atomic mass is 9.85. The van der Waals surface area contributed by atoms with Gasteiger partial charge >= 0.3 is 5.97 Å². The van der Waals surface area contributed by atoms with Gasteiger partial charge in [0.2, 0.25) is 0 Å². The number of benzene rings is 1. The largest absolute Gasteiger partial charge is 0.480 e. The normalized spacial score (nSPS) is 14.0. The third-order valence-electron chi connectivity index (χ3n) is 3.83. The number of hydrogen-bond donors (Lipinski definition) is 2. The van der Waals surface area contributed by atoms with Crippen LogP contribution in [0.3, 0.4) is 0 Å². The first-order valence-electron chi connectivity index (χ1n) is 7.27. The highest BCUT2D eigenvalue weighted by Gasteiger charge is 2.34. The predicted molar refractivity (Wildman–Crippen MR) is 85.6 cm³/mol. The standard InChI is InChI=1S/C16H22N2O5/c1-6-16(5,14(20)21)17-13(19)10-7-8-11(15(2,3)4)12(9-10)18(22)23/h7-9H,6H2,1-5H3,(H,17,19)(H,20,21). The first-order chi connectivity index (χ1) is 10.4. The van der Waals surface area contributed by atoms with E-state index in [1.54, 1.807) is 6.92 Å². The van der Waals surface area contributed by atoms with E-state index in [-0.39, 0.29) is 17.7 Å². The van der Waals surface area contributed by atoms with E-state index in [9.17, 15) is 24.8 Å². The van der Waals surface area contributed by atoms with Crippen LogP contribution in [0.5, 0.6) is 0 Å². The fraction of sp³-hybridized carbons (Fsp3) is 0.500. The average Bonchev–Trinajstić information content (AvgIpc) is 2.45. The minimum atomic E-state index is -1.42. The zero-order chi connectivity index (χ0) is 18.0. The van der Waals surface area contributed by atoms with Crippen LogP contribution >= 0.6 is 0 Å². The van der Waals surface area contributed by atoms with E-state index in [0.29, 0.717) is 5.56 Å². The number of hydrogen-bond acceptors (Lipinski definition) is 4. The lowest BCUT2D eigenvalue weighted by molar-refractivity contribution is -0.386. The van der Waals surface area contributed by atoms with Crippen molar-refractivity contribution in [1.29, 1.82) is 0 Å². The number of nitro groups is 1. The molecule has 126 valence electrons. The maximum atomic E-state index is 12.3. The van der Waals surface area contributed by atoms with Crippen LogP contribution < -0.4 is 5.32 Å². The number of carbonyl (C=O) groups excluding carboxylic acids is 1. The predicted octanol–water partition coefficient (Wildman–Crippen LogP) is 2.88. The third-order valence-corrected chi connectivity index (χ3v) is 3.83. The van der Waals surface area contributed by atoms with Gasteiger partial charge in [-0.15, -0.1) is 0 Å². The summed E-state index contributed by atoms with van der Waals surface area (Å²) in [5.74, 6) is -1.81. The second-order valence-electron chi connectivity index (χ2n) is 6.68. The Morgan fingerprint density at radius 3 is 2.22 bits per heavy atom. The Balaban J connectivity index is 3.25. The van der Waals surface area contributed by atoms with Gasteiger partial charge in [-0.05, 0) is 24.8 Å². The summed E-state index contributed by atoms with van der Waals surface area (Å²) in [6.45, 7) is 8.56. The molecule has 0 radical (unpaired) electrons. The van der Waals surface area contributed by atoms with Gasteiger partial charge in [0.15, 0.2) is 0 Å². The second-order valence-corrected chi connectivity index (χ2v) is 6.68. The fourth-order valence-corrected chi connectivity index (χ4v) is 2.07. The summed E-state index contributed by atoms with van der Waals surface area (Å²) in [6, 6.07) is 4.20. The molecule has 0 aliphatic rings. The first-order valence-corrected chi connectivity index (χ1v) is 7.27. The Kier molecular flexibility index (Phi) is 5.14. The number of carbonyl (C=O) groups is 2. The van der Waals surface area contributed by atoms with Crippen LogP contribution in [0.15, 0.2) is 18.2 Å². The van der Waals surface area contributed by atoms with Crippen molar-refractivity contribution in [3.8, 4) is 0 Å². The number of aliphatic carboxylic acids is 1. The van der Waals surface area contributed by atoms with Crippen molar-refractivity contribution in [3.63, 3.8) is 0 Å². The molecule has 0 saturated heterocycles. The van der Waals surface area contributed by atoms with Crippen LogP contribution in [0, 0.1) is 10.1 Å². The van der Waals surface area contributed by atoms with Crippen molar-refractivity contribution < 1.29 is 19.6 Å². The lowest BCUT2D eigenvalue weighted by Crippen LogP contribution is -2.51. The van der Waals surface area contributed by atoms with Crippen LogP contribution in [-0.2, 0) is 10.2 Å². The van der Waals surface area contributed by atoms with Crippen LogP contribution in [0.4, 0.5) is 5.69 Å². The number of amides is 1. The molecule has 1 amide bonds. The number of carboxylic acids is 1. The second kappa shape index (κ2) is 6.36. The molecule has 0 aromatic heterocycles. The fourth-order valence-electron chi connectivity index (χ4n) is 2.07.